The molecule has 0 heterocycles. The van der Waals surface area contributed by atoms with Crippen molar-refractivity contribution in [2.75, 3.05) is 6.54 Å². The molecule has 0 aliphatic carbocycles. The molecule has 0 aliphatic heterocycles. The lowest BCUT2D eigenvalue weighted by Gasteiger charge is -2.08. The summed E-state index contributed by atoms with van der Waals surface area (Å²) in [5.41, 5.74) is 9.30. The molecule has 19 heavy (non-hydrogen) atoms. The molecule has 2 aromatic carbocycles. The van der Waals surface area contributed by atoms with Crippen molar-refractivity contribution < 1.29 is 4.74 Å². The first-order chi connectivity index (χ1) is 9.31. The second-order valence-electron chi connectivity index (χ2n) is 4.64. The normalized spacial score (nSPS) is 10.4. The van der Waals surface area contributed by atoms with Gasteiger partial charge in [0.2, 0.25) is 0 Å². The average molecular weight is 255 g/mol. The molecule has 0 atom stereocenters. The Morgan fingerprint density at radius 1 is 0.947 bits per heavy atom. The van der Waals surface area contributed by atoms with Gasteiger partial charge in [0, 0.05) is 0 Å². The molecular weight excluding hydrogens is 234 g/mol. The van der Waals surface area contributed by atoms with E-state index in [1.807, 2.05) is 12.1 Å². The molecule has 0 unspecified atom stereocenters. The van der Waals surface area contributed by atoms with Crippen LogP contribution in [0.25, 0.3) is 0 Å². The molecule has 2 aromatic rings. The minimum Gasteiger partial charge on any atom is -0.489 e. The lowest BCUT2D eigenvalue weighted by atomic mass is 10.1. The van der Waals surface area contributed by atoms with Crippen molar-refractivity contribution in [1.82, 2.24) is 0 Å². The molecule has 100 valence electrons. The Bertz CT molecular complexity index is 505. The van der Waals surface area contributed by atoms with E-state index in [2.05, 4.69) is 43.3 Å². The highest BCUT2D eigenvalue weighted by Gasteiger charge is 1.98. The topological polar surface area (TPSA) is 35.2 Å². The van der Waals surface area contributed by atoms with E-state index in [0.29, 0.717) is 13.2 Å². The number of ether oxygens (including phenoxy) is 1. The van der Waals surface area contributed by atoms with E-state index in [1.165, 1.54) is 16.7 Å². The van der Waals surface area contributed by atoms with Crippen LogP contribution in [0.3, 0.4) is 0 Å². The smallest absolute Gasteiger partial charge is 0.120 e. The fraction of sp³-hybridized carbons (Fsp3) is 0.294. The van der Waals surface area contributed by atoms with E-state index in [-0.39, 0.29) is 0 Å². The monoisotopic (exact) mass is 255 g/mol. The molecule has 2 rings (SSSR count). The maximum Gasteiger partial charge on any atom is 0.120 e. The van der Waals surface area contributed by atoms with Crippen LogP contribution in [0.2, 0.25) is 0 Å². The predicted octanol–water partition coefficient (Wildman–Crippen LogP) is 3.33. The SMILES string of the molecule is CCc1cccc(OCc2ccc(CCN)cc2)c1. The summed E-state index contributed by atoms with van der Waals surface area (Å²) >= 11 is 0. The van der Waals surface area contributed by atoms with Crippen molar-refractivity contribution in [3.05, 3.63) is 65.2 Å². The highest BCUT2D eigenvalue weighted by molar-refractivity contribution is 5.29. The van der Waals surface area contributed by atoms with E-state index < -0.39 is 0 Å². The Balaban J connectivity index is 1.94. The Morgan fingerprint density at radius 2 is 1.68 bits per heavy atom. The molecule has 0 saturated carbocycles. The third kappa shape index (κ3) is 4.11. The van der Waals surface area contributed by atoms with Crippen molar-refractivity contribution in [1.29, 1.82) is 0 Å². The zero-order valence-corrected chi connectivity index (χ0v) is 11.4. The van der Waals surface area contributed by atoms with E-state index in [9.17, 15) is 0 Å². The van der Waals surface area contributed by atoms with Crippen LogP contribution < -0.4 is 10.5 Å². The predicted molar refractivity (Wildman–Crippen MR) is 79.4 cm³/mol. The molecule has 2 N–H and O–H groups in total. The van der Waals surface area contributed by atoms with Crippen molar-refractivity contribution in [3.8, 4) is 5.75 Å². The second kappa shape index (κ2) is 6.95. The summed E-state index contributed by atoms with van der Waals surface area (Å²) in [6.45, 7) is 3.45. The first kappa shape index (κ1) is 13.6. The highest BCUT2D eigenvalue weighted by Crippen LogP contribution is 2.15. The maximum atomic E-state index is 5.81. The van der Waals surface area contributed by atoms with Crippen LogP contribution in [0.15, 0.2) is 48.5 Å². The van der Waals surface area contributed by atoms with Crippen molar-refractivity contribution in [2.24, 2.45) is 5.73 Å². The Morgan fingerprint density at radius 3 is 2.37 bits per heavy atom. The Kier molecular flexibility index (Phi) is 4.99. The van der Waals surface area contributed by atoms with Gasteiger partial charge >= 0.3 is 0 Å². The highest BCUT2D eigenvalue weighted by atomic mass is 16.5. The molecule has 0 bridgehead atoms. The summed E-state index contributed by atoms with van der Waals surface area (Å²) in [6, 6.07) is 16.7. The summed E-state index contributed by atoms with van der Waals surface area (Å²) in [4.78, 5) is 0. The van der Waals surface area contributed by atoms with Crippen LogP contribution in [-0.2, 0) is 19.4 Å². The zero-order chi connectivity index (χ0) is 13.5. The quantitative estimate of drug-likeness (QED) is 0.859. The van der Waals surface area contributed by atoms with Crippen LogP contribution in [0.5, 0.6) is 5.75 Å². The van der Waals surface area contributed by atoms with Crippen LogP contribution >= 0.6 is 0 Å². The van der Waals surface area contributed by atoms with E-state index in [0.717, 1.165) is 18.6 Å². The fourth-order valence-corrected chi connectivity index (χ4v) is 1.99. The second-order valence-corrected chi connectivity index (χ2v) is 4.64. The minimum absolute atomic E-state index is 0.607. The summed E-state index contributed by atoms with van der Waals surface area (Å²) < 4.78 is 5.81. The molecule has 2 nitrogen and oxygen atoms in total. The van der Waals surface area contributed by atoms with Gasteiger partial charge < -0.3 is 10.5 Å². The average Bonchev–Trinajstić information content (AvgIpc) is 2.47. The Hall–Kier alpha value is -1.80. The van der Waals surface area contributed by atoms with Gasteiger partial charge in [-0.25, -0.2) is 0 Å². The van der Waals surface area contributed by atoms with Gasteiger partial charge in [0.1, 0.15) is 12.4 Å². The van der Waals surface area contributed by atoms with Crippen molar-refractivity contribution >= 4 is 0 Å². The largest absolute Gasteiger partial charge is 0.489 e. The van der Waals surface area contributed by atoms with Gasteiger partial charge in [-0.15, -0.1) is 0 Å². The molecule has 2 heteroatoms. The summed E-state index contributed by atoms with van der Waals surface area (Å²) in [5.74, 6) is 0.936. The molecule has 0 aromatic heterocycles. The number of benzene rings is 2. The van der Waals surface area contributed by atoms with Gasteiger partial charge in [0.25, 0.3) is 0 Å². The third-order valence-corrected chi connectivity index (χ3v) is 3.17. The fourth-order valence-electron chi connectivity index (χ4n) is 1.99. The van der Waals surface area contributed by atoms with Crippen molar-refractivity contribution in [2.45, 2.75) is 26.4 Å². The molecule has 0 aliphatic rings. The van der Waals surface area contributed by atoms with Gasteiger partial charge in [-0.3, -0.25) is 0 Å². The number of hydrogen-bond donors (Lipinski definition) is 1. The Labute approximate surface area is 115 Å². The van der Waals surface area contributed by atoms with Gasteiger partial charge in [0.15, 0.2) is 0 Å². The first-order valence-corrected chi connectivity index (χ1v) is 6.81. The van der Waals surface area contributed by atoms with Crippen LogP contribution in [0.4, 0.5) is 0 Å². The molecule has 0 fully saturated rings. The van der Waals surface area contributed by atoms with Gasteiger partial charge in [-0.1, -0.05) is 43.3 Å². The molecule has 0 spiro atoms. The van der Waals surface area contributed by atoms with Crippen LogP contribution in [0.1, 0.15) is 23.6 Å². The number of nitrogens with two attached hydrogens (primary N) is 1. The van der Waals surface area contributed by atoms with Crippen LogP contribution in [-0.4, -0.2) is 6.54 Å². The molecular formula is C17H21NO. The van der Waals surface area contributed by atoms with Crippen LogP contribution in [0, 0.1) is 0 Å². The number of aryl methyl sites for hydroxylation is 1. The molecule has 0 amide bonds. The van der Waals surface area contributed by atoms with E-state index in [1.54, 1.807) is 0 Å². The van der Waals surface area contributed by atoms with Gasteiger partial charge in [-0.2, -0.15) is 0 Å². The standard InChI is InChI=1S/C17H21NO/c1-2-14-4-3-5-17(12-14)19-13-16-8-6-15(7-9-16)10-11-18/h3-9,12H,2,10-11,13,18H2,1H3. The summed E-state index contributed by atoms with van der Waals surface area (Å²) in [5, 5.41) is 0. The van der Waals surface area contributed by atoms with Crippen molar-refractivity contribution in [3.63, 3.8) is 0 Å². The molecule has 0 saturated heterocycles. The zero-order valence-electron chi connectivity index (χ0n) is 11.4. The summed E-state index contributed by atoms with van der Waals surface area (Å²) in [7, 11) is 0. The minimum atomic E-state index is 0.607. The molecule has 0 radical (unpaired) electrons. The lowest BCUT2D eigenvalue weighted by molar-refractivity contribution is 0.306. The van der Waals surface area contributed by atoms with Gasteiger partial charge in [-0.05, 0) is 48.2 Å². The third-order valence-electron chi connectivity index (χ3n) is 3.17. The van der Waals surface area contributed by atoms with Gasteiger partial charge in [0.05, 0.1) is 0 Å². The number of hydrogen-bond acceptors (Lipinski definition) is 2. The lowest BCUT2D eigenvalue weighted by Crippen LogP contribution is -2.03. The maximum absolute atomic E-state index is 5.81. The van der Waals surface area contributed by atoms with E-state index in [4.69, 9.17) is 10.5 Å². The first-order valence-electron chi connectivity index (χ1n) is 6.81. The summed E-state index contributed by atoms with van der Waals surface area (Å²) in [6.07, 6.45) is 1.96. The van der Waals surface area contributed by atoms with E-state index >= 15 is 0 Å². The number of rotatable bonds is 6.